The number of nitrogens with zero attached hydrogens (tertiary/aromatic N) is 4. The van der Waals surface area contributed by atoms with Crippen molar-refractivity contribution < 1.29 is 4.79 Å². The molecule has 0 saturated carbocycles. The second-order valence-corrected chi connectivity index (χ2v) is 7.55. The molecule has 0 spiro atoms. The number of piperidine rings is 1. The van der Waals surface area contributed by atoms with E-state index < -0.39 is 0 Å². The molecule has 1 saturated heterocycles. The molecule has 0 bridgehead atoms. The number of pyridine rings is 1. The van der Waals surface area contributed by atoms with Crippen LogP contribution in [-0.4, -0.2) is 40.0 Å². The van der Waals surface area contributed by atoms with Crippen LogP contribution in [-0.2, 0) is 6.42 Å². The molecule has 6 heteroatoms. The van der Waals surface area contributed by atoms with E-state index in [1.54, 1.807) is 12.4 Å². The van der Waals surface area contributed by atoms with E-state index in [4.69, 9.17) is 9.97 Å². The summed E-state index contributed by atoms with van der Waals surface area (Å²) in [5.74, 6) is 1.63. The van der Waals surface area contributed by atoms with Gasteiger partial charge in [-0.15, -0.1) is 0 Å². The summed E-state index contributed by atoms with van der Waals surface area (Å²) >= 11 is 0. The number of carbonyl (C=O) groups excluding carboxylic acids is 1. The Morgan fingerprint density at radius 1 is 1.10 bits per heavy atom. The Hall–Kier alpha value is -3.28. The van der Waals surface area contributed by atoms with Crippen LogP contribution < -0.4 is 10.2 Å². The van der Waals surface area contributed by atoms with Gasteiger partial charge in [-0.3, -0.25) is 9.78 Å². The number of aryl methyl sites for hydroxylation is 1. The van der Waals surface area contributed by atoms with Gasteiger partial charge in [0, 0.05) is 54.4 Å². The number of nitrogens with one attached hydrogen (secondary N) is 1. The highest BCUT2D eigenvalue weighted by Gasteiger charge is 2.25. The van der Waals surface area contributed by atoms with E-state index in [1.807, 2.05) is 42.5 Å². The van der Waals surface area contributed by atoms with Gasteiger partial charge in [0.05, 0.1) is 0 Å². The minimum atomic E-state index is -0.0319. The standard InChI is InChI=1S/C24H27N5O/c1-2-20-16-22(28-23(27-20)18-11-13-25-14-12-18)29-15-7-6-10-21(29)17-26-24(30)19-8-4-3-5-9-19/h3-5,8-9,11-14,16,21H,2,6-7,10,15,17H2,1H3,(H,26,30). The van der Waals surface area contributed by atoms with E-state index in [0.29, 0.717) is 12.1 Å². The molecule has 1 fully saturated rings. The van der Waals surface area contributed by atoms with Crippen molar-refractivity contribution in [1.82, 2.24) is 20.3 Å². The van der Waals surface area contributed by atoms with Crippen LogP contribution in [0.15, 0.2) is 60.9 Å². The number of carbonyl (C=O) groups is 1. The van der Waals surface area contributed by atoms with Gasteiger partial charge in [-0.2, -0.15) is 0 Å². The fraction of sp³-hybridized carbons (Fsp3) is 0.333. The molecule has 4 rings (SSSR count). The summed E-state index contributed by atoms with van der Waals surface area (Å²) in [4.78, 5) is 28.5. The highest BCUT2D eigenvalue weighted by molar-refractivity contribution is 5.94. The highest BCUT2D eigenvalue weighted by atomic mass is 16.1. The van der Waals surface area contributed by atoms with Crippen LogP contribution in [0, 0.1) is 0 Å². The Labute approximate surface area is 177 Å². The second-order valence-electron chi connectivity index (χ2n) is 7.55. The predicted molar refractivity (Wildman–Crippen MR) is 118 cm³/mol. The predicted octanol–water partition coefficient (Wildman–Crippen LogP) is 3.89. The van der Waals surface area contributed by atoms with Crippen molar-refractivity contribution in [2.24, 2.45) is 0 Å². The molecule has 1 aromatic carbocycles. The monoisotopic (exact) mass is 401 g/mol. The van der Waals surface area contributed by atoms with Crippen molar-refractivity contribution in [3.63, 3.8) is 0 Å². The average Bonchev–Trinajstić information content (AvgIpc) is 2.83. The molecule has 1 unspecified atom stereocenters. The van der Waals surface area contributed by atoms with Crippen LogP contribution in [0.5, 0.6) is 0 Å². The van der Waals surface area contributed by atoms with E-state index in [1.165, 1.54) is 0 Å². The first-order valence-corrected chi connectivity index (χ1v) is 10.6. The maximum atomic E-state index is 12.5. The molecule has 3 aromatic rings. The SMILES string of the molecule is CCc1cc(N2CCCCC2CNC(=O)c2ccccc2)nc(-c2ccncc2)n1. The summed E-state index contributed by atoms with van der Waals surface area (Å²) in [6.45, 7) is 3.64. The zero-order valence-electron chi connectivity index (χ0n) is 17.3. The smallest absolute Gasteiger partial charge is 0.251 e. The molecule has 1 amide bonds. The Morgan fingerprint density at radius 2 is 1.90 bits per heavy atom. The lowest BCUT2D eigenvalue weighted by Gasteiger charge is -2.37. The van der Waals surface area contributed by atoms with Crippen LogP contribution in [0.3, 0.4) is 0 Å². The zero-order valence-corrected chi connectivity index (χ0v) is 17.3. The third kappa shape index (κ3) is 4.64. The third-order valence-corrected chi connectivity index (χ3v) is 5.52. The van der Waals surface area contributed by atoms with E-state index in [2.05, 4.69) is 28.2 Å². The van der Waals surface area contributed by atoms with Gasteiger partial charge in [0.1, 0.15) is 5.82 Å². The molecule has 30 heavy (non-hydrogen) atoms. The molecule has 1 N–H and O–H groups in total. The average molecular weight is 402 g/mol. The molecular formula is C24H27N5O. The second kappa shape index (κ2) is 9.48. The van der Waals surface area contributed by atoms with Crippen LogP contribution in [0.2, 0.25) is 0 Å². The summed E-state index contributed by atoms with van der Waals surface area (Å²) in [5.41, 5.74) is 2.67. The highest BCUT2D eigenvalue weighted by Crippen LogP contribution is 2.26. The van der Waals surface area contributed by atoms with Gasteiger partial charge in [0.15, 0.2) is 5.82 Å². The van der Waals surface area contributed by atoms with Crippen molar-refractivity contribution in [2.75, 3.05) is 18.0 Å². The maximum Gasteiger partial charge on any atom is 0.251 e. The molecule has 3 heterocycles. The molecular weight excluding hydrogens is 374 g/mol. The van der Waals surface area contributed by atoms with Gasteiger partial charge in [-0.05, 0) is 49.9 Å². The van der Waals surface area contributed by atoms with Crippen molar-refractivity contribution in [3.05, 3.63) is 72.2 Å². The van der Waals surface area contributed by atoms with Gasteiger partial charge in [0.25, 0.3) is 5.91 Å². The quantitative estimate of drug-likeness (QED) is 0.678. The van der Waals surface area contributed by atoms with Crippen molar-refractivity contribution in [3.8, 4) is 11.4 Å². The minimum absolute atomic E-state index is 0.0319. The molecule has 154 valence electrons. The summed E-state index contributed by atoms with van der Waals surface area (Å²) < 4.78 is 0. The number of hydrogen-bond donors (Lipinski definition) is 1. The molecule has 6 nitrogen and oxygen atoms in total. The first kappa shape index (κ1) is 20.0. The number of amides is 1. The first-order chi connectivity index (χ1) is 14.7. The third-order valence-electron chi connectivity index (χ3n) is 5.52. The minimum Gasteiger partial charge on any atom is -0.352 e. The number of anilines is 1. The Bertz CT molecular complexity index is 977. The number of hydrogen-bond acceptors (Lipinski definition) is 5. The molecule has 0 radical (unpaired) electrons. The molecule has 1 aliphatic heterocycles. The molecule has 0 aliphatic carbocycles. The van der Waals surface area contributed by atoms with Crippen LogP contribution in [0.4, 0.5) is 5.82 Å². The largest absolute Gasteiger partial charge is 0.352 e. The number of aromatic nitrogens is 3. The Balaban J connectivity index is 1.55. The number of rotatable bonds is 6. The maximum absolute atomic E-state index is 12.5. The van der Waals surface area contributed by atoms with Gasteiger partial charge in [-0.25, -0.2) is 9.97 Å². The van der Waals surface area contributed by atoms with Crippen LogP contribution >= 0.6 is 0 Å². The van der Waals surface area contributed by atoms with Crippen molar-refractivity contribution in [2.45, 2.75) is 38.6 Å². The molecule has 2 aromatic heterocycles. The fourth-order valence-corrected chi connectivity index (χ4v) is 3.86. The lowest BCUT2D eigenvalue weighted by Crippen LogP contribution is -2.47. The lowest BCUT2D eigenvalue weighted by atomic mass is 10.0. The van der Waals surface area contributed by atoms with Crippen molar-refractivity contribution >= 4 is 11.7 Å². The van der Waals surface area contributed by atoms with E-state index in [9.17, 15) is 4.79 Å². The van der Waals surface area contributed by atoms with E-state index in [0.717, 1.165) is 55.1 Å². The summed E-state index contributed by atoms with van der Waals surface area (Å²) in [6, 6.07) is 15.5. The zero-order chi connectivity index (χ0) is 20.8. The Morgan fingerprint density at radius 3 is 2.67 bits per heavy atom. The summed E-state index contributed by atoms with van der Waals surface area (Å²) in [5, 5.41) is 3.11. The Kier molecular flexibility index (Phi) is 6.32. The van der Waals surface area contributed by atoms with Crippen LogP contribution in [0.25, 0.3) is 11.4 Å². The van der Waals surface area contributed by atoms with E-state index in [-0.39, 0.29) is 11.9 Å². The summed E-state index contributed by atoms with van der Waals surface area (Å²) in [6.07, 6.45) is 7.69. The van der Waals surface area contributed by atoms with Crippen LogP contribution in [0.1, 0.15) is 42.2 Å². The fourth-order valence-electron chi connectivity index (χ4n) is 3.86. The first-order valence-electron chi connectivity index (χ1n) is 10.6. The van der Waals surface area contributed by atoms with Gasteiger partial charge >= 0.3 is 0 Å². The molecule has 1 aliphatic rings. The normalized spacial score (nSPS) is 16.3. The number of benzene rings is 1. The van der Waals surface area contributed by atoms with Crippen molar-refractivity contribution in [1.29, 1.82) is 0 Å². The van der Waals surface area contributed by atoms with Gasteiger partial charge in [0.2, 0.25) is 0 Å². The lowest BCUT2D eigenvalue weighted by molar-refractivity contribution is 0.0949. The summed E-state index contributed by atoms with van der Waals surface area (Å²) in [7, 11) is 0. The van der Waals surface area contributed by atoms with Gasteiger partial charge in [-0.1, -0.05) is 25.1 Å². The topological polar surface area (TPSA) is 71.0 Å². The van der Waals surface area contributed by atoms with Gasteiger partial charge < -0.3 is 10.2 Å². The molecule has 1 atom stereocenters. The van der Waals surface area contributed by atoms with E-state index >= 15 is 0 Å².